The minimum Gasteiger partial charge on any atom is -0.338 e. The molecule has 31 heavy (non-hydrogen) atoms. The number of hydrogen-bond donors (Lipinski definition) is 2. The molecule has 0 radical (unpaired) electrons. The van der Waals surface area contributed by atoms with Gasteiger partial charge in [0, 0.05) is 11.1 Å². The molecule has 1 amide bonds. The van der Waals surface area contributed by atoms with Gasteiger partial charge in [-0.2, -0.15) is 9.71 Å². The number of benzene rings is 2. The minimum absolute atomic E-state index is 0.0638. The van der Waals surface area contributed by atoms with Crippen molar-refractivity contribution in [3.63, 3.8) is 0 Å². The van der Waals surface area contributed by atoms with Crippen LogP contribution in [-0.2, 0) is 16.6 Å². The third-order valence-corrected chi connectivity index (χ3v) is 6.77. The molecule has 0 aliphatic carbocycles. The molecule has 0 saturated carbocycles. The van der Waals surface area contributed by atoms with Crippen LogP contribution in [0.5, 0.6) is 0 Å². The zero-order valence-corrected chi connectivity index (χ0v) is 17.8. The van der Waals surface area contributed by atoms with Gasteiger partial charge in [-0.3, -0.25) is 10.1 Å². The molecule has 12 heteroatoms. The lowest BCUT2D eigenvalue weighted by atomic mass is 10.1. The quantitative estimate of drug-likeness (QED) is 0.405. The number of anilines is 1. The Morgan fingerprint density at radius 2 is 1.81 bits per heavy atom. The van der Waals surface area contributed by atoms with Gasteiger partial charge in [0.05, 0.1) is 6.54 Å². The molecule has 0 saturated heterocycles. The topological polar surface area (TPSA) is 140 Å². The van der Waals surface area contributed by atoms with Crippen LogP contribution in [0.1, 0.15) is 21.8 Å². The zero-order valence-electron chi connectivity index (χ0n) is 16.1. The summed E-state index contributed by atoms with van der Waals surface area (Å²) in [6.07, 6.45) is 0. The molecule has 0 aliphatic heterocycles. The summed E-state index contributed by atoms with van der Waals surface area (Å²) in [6.45, 7) is 1.70. The Morgan fingerprint density at radius 1 is 1.06 bits per heavy atom. The van der Waals surface area contributed by atoms with Gasteiger partial charge in [-0.25, -0.2) is 8.42 Å². The lowest BCUT2D eigenvalue weighted by Gasteiger charge is -2.00. The van der Waals surface area contributed by atoms with E-state index in [1.54, 1.807) is 30.3 Å². The average Bonchev–Trinajstić information content (AvgIpc) is 3.43. The Hall–Kier alpha value is -3.48. The number of rotatable bonds is 7. The predicted molar refractivity (Wildman–Crippen MR) is 113 cm³/mol. The fourth-order valence-electron chi connectivity index (χ4n) is 2.61. The number of hydrogen-bond acceptors (Lipinski definition) is 9. The van der Waals surface area contributed by atoms with Crippen molar-refractivity contribution in [1.29, 1.82) is 0 Å². The van der Waals surface area contributed by atoms with Crippen LogP contribution in [-0.4, -0.2) is 34.7 Å². The van der Waals surface area contributed by atoms with Gasteiger partial charge in [-0.05, 0) is 24.6 Å². The molecule has 4 aromatic rings. The second-order valence-electron chi connectivity index (χ2n) is 6.34. The molecule has 0 fully saturated rings. The summed E-state index contributed by atoms with van der Waals surface area (Å²) in [4.78, 5) is 16.4. The van der Waals surface area contributed by atoms with E-state index in [4.69, 9.17) is 4.52 Å². The summed E-state index contributed by atoms with van der Waals surface area (Å²) in [5, 5.41) is 13.9. The summed E-state index contributed by atoms with van der Waals surface area (Å²) in [5.41, 5.74) is 2.18. The van der Waals surface area contributed by atoms with Gasteiger partial charge >= 0.3 is 0 Å². The second kappa shape index (κ2) is 8.71. The summed E-state index contributed by atoms with van der Waals surface area (Å²) in [6, 6.07) is 16.0. The first kappa shape index (κ1) is 20.8. The van der Waals surface area contributed by atoms with Gasteiger partial charge in [0.1, 0.15) is 0 Å². The van der Waals surface area contributed by atoms with Crippen molar-refractivity contribution in [3.8, 4) is 11.4 Å². The largest absolute Gasteiger partial charge is 0.338 e. The smallest absolute Gasteiger partial charge is 0.270 e. The van der Waals surface area contributed by atoms with Gasteiger partial charge in [0.2, 0.25) is 21.2 Å². The van der Waals surface area contributed by atoms with Crippen molar-refractivity contribution in [1.82, 2.24) is 25.1 Å². The molecule has 2 heterocycles. The normalized spacial score (nSPS) is 11.4. The first-order chi connectivity index (χ1) is 14.9. The molecule has 2 aromatic carbocycles. The van der Waals surface area contributed by atoms with Gasteiger partial charge in [0.15, 0.2) is 0 Å². The maximum Gasteiger partial charge on any atom is 0.270 e. The number of nitrogens with zero attached hydrogens (tertiary/aromatic N) is 4. The number of aromatic nitrogens is 4. The number of aryl methyl sites for hydroxylation is 1. The molecule has 0 aliphatic rings. The van der Waals surface area contributed by atoms with Gasteiger partial charge < -0.3 is 4.52 Å². The molecule has 4 rings (SSSR count). The standard InChI is InChI=1S/C19H16N6O4S2/c1-12-7-5-6-10-14(12)16-21-15(29-25-16)11-20-31(27,28)19-24-23-18(30-19)22-17(26)13-8-3-2-4-9-13/h2-10,20H,11H2,1H3,(H,22,23,26). The maximum absolute atomic E-state index is 12.5. The first-order valence-electron chi connectivity index (χ1n) is 9.00. The third-order valence-electron chi connectivity index (χ3n) is 4.16. The summed E-state index contributed by atoms with van der Waals surface area (Å²) >= 11 is 0.731. The van der Waals surface area contributed by atoms with E-state index in [9.17, 15) is 13.2 Å². The Morgan fingerprint density at radius 3 is 2.58 bits per heavy atom. The Bertz CT molecular complexity index is 1320. The van der Waals surface area contributed by atoms with Crippen molar-refractivity contribution in [2.75, 3.05) is 5.32 Å². The molecule has 0 spiro atoms. The Balaban J connectivity index is 1.41. The molecule has 2 aromatic heterocycles. The molecule has 10 nitrogen and oxygen atoms in total. The van der Waals surface area contributed by atoms with Crippen LogP contribution in [0, 0.1) is 6.92 Å². The molecule has 2 N–H and O–H groups in total. The fraction of sp³-hybridized carbons (Fsp3) is 0.105. The van der Waals surface area contributed by atoms with E-state index in [1.165, 1.54) is 0 Å². The first-order valence-corrected chi connectivity index (χ1v) is 11.3. The minimum atomic E-state index is -3.99. The zero-order chi connectivity index (χ0) is 21.8. The highest BCUT2D eigenvalue weighted by Crippen LogP contribution is 2.22. The second-order valence-corrected chi connectivity index (χ2v) is 9.26. The number of carbonyl (C=O) groups excluding carboxylic acids is 1. The third kappa shape index (κ3) is 4.82. The van der Waals surface area contributed by atoms with Crippen molar-refractivity contribution >= 4 is 32.4 Å². The van der Waals surface area contributed by atoms with E-state index >= 15 is 0 Å². The lowest BCUT2D eigenvalue weighted by molar-refractivity contribution is 0.102. The summed E-state index contributed by atoms with van der Waals surface area (Å²) < 4.78 is 32.2. The average molecular weight is 457 g/mol. The van der Waals surface area contributed by atoms with Crippen LogP contribution in [0.3, 0.4) is 0 Å². The SMILES string of the molecule is Cc1ccccc1-c1noc(CNS(=O)(=O)c2nnc(NC(=O)c3ccccc3)s2)n1. The van der Waals surface area contributed by atoms with Crippen molar-refractivity contribution in [2.24, 2.45) is 0 Å². The van der Waals surface area contributed by atoms with E-state index in [0.717, 1.165) is 22.5 Å². The number of amides is 1. The van der Waals surface area contributed by atoms with Crippen LogP contribution in [0.15, 0.2) is 63.5 Å². The summed E-state index contributed by atoms with van der Waals surface area (Å²) in [7, 11) is -3.99. The van der Waals surface area contributed by atoms with E-state index in [0.29, 0.717) is 11.4 Å². The predicted octanol–water partition coefficient (Wildman–Crippen LogP) is 2.63. The van der Waals surface area contributed by atoms with Crippen LogP contribution >= 0.6 is 11.3 Å². The Labute approximate surface area is 181 Å². The molecular weight excluding hydrogens is 440 g/mol. The van der Waals surface area contributed by atoms with Crippen molar-refractivity contribution < 1.29 is 17.7 Å². The highest BCUT2D eigenvalue weighted by molar-refractivity contribution is 7.91. The van der Waals surface area contributed by atoms with Crippen molar-refractivity contribution in [3.05, 3.63) is 71.6 Å². The van der Waals surface area contributed by atoms with Crippen LogP contribution < -0.4 is 10.0 Å². The van der Waals surface area contributed by atoms with E-state index < -0.39 is 15.9 Å². The monoisotopic (exact) mass is 456 g/mol. The lowest BCUT2D eigenvalue weighted by Crippen LogP contribution is -2.23. The van der Waals surface area contributed by atoms with E-state index in [-0.39, 0.29) is 21.9 Å². The molecule has 0 bridgehead atoms. The molecule has 0 unspecified atom stereocenters. The highest BCUT2D eigenvalue weighted by Gasteiger charge is 2.22. The van der Waals surface area contributed by atoms with E-state index in [2.05, 4.69) is 30.4 Å². The van der Waals surface area contributed by atoms with Crippen LogP contribution in [0.25, 0.3) is 11.4 Å². The van der Waals surface area contributed by atoms with Crippen LogP contribution in [0.4, 0.5) is 5.13 Å². The maximum atomic E-state index is 12.5. The fourth-order valence-corrected chi connectivity index (χ4v) is 4.52. The highest BCUT2D eigenvalue weighted by atomic mass is 32.2. The molecule has 0 atom stereocenters. The molecular formula is C19H16N6O4S2. The summed E-state index contributed by atoms with van der Waals surface area (Å²) in [5.74, 6) is 0.0568. The van der Waals surface area contributed by atoms with Gasteiger partial charge in [-0.15, -0.1) is 10.2 Å². The van der Waals surface area contributed by atoms with Crippen molar-refractivity contribution in [2.45, 2.75) is 17.8 Å². The number of sulfonamides is 1. The number of nitrogens with one attached hydrogen (secondary N) is 2. The number of carbonyl (C=O) groups is 1. The molecule has 158 valence electrons. The van der Waals surface area contributed by atoms with Gasteiger partial charge in [-0.1, -0.05) is 59.0 Å². The Kier molecular flexibility index (Phi) is 5.84. The van der Waals surface area contributed by atoms with Crippen LogP contribution in [0.2, 0.25) is 0 Å². The van der Waals surface area contributed by atoms with Gasteiger partial charge in [0.25, 0.3) is 15.9 Å². The van der Waals surface area contributed by atoms with E-state index in [1.807, 2.05) is 31.2 Å².